The molecule has 0 spiro atoms. The van der Waals surface area contributed by atoms with Crippen LogP contribution in [0, 0.1) is 6.92 Å². The maximum absolute atomic E-state index is 12.2. The molecule has 17 heavy (non-hydrogen) atoms. The summed E-state index contributed by atoms with van der Waals surface area (Å²) < 4.78 is 25.6. The van der Waals surface area contributed by atoms with Gasteiger partial charge in [0.1, 0.15) is 0 Å². The van der Waals surface area contributed by atoms with Crippen molar-refractivity contribution in [1.82, 2.24) is 4.31 Å². The first-order chi connectivity index (χ1) is 7.91. The minimum Gasteiger partial charge on any atom is -0.297 e. The molecular weight excluding hydrogens is 306 g/mol. The van der Waals surface area contributed by atoms with Crippen molar-refractivity contribution >= 4 is 31.7 Å². The molecule has 1 aromatic carbocycles. The molecule has 1 heterocycles. The van der Waals surface area contributed by atoms with E-state index in [0.717, 1.165) is 5.56 Å². The number of hydrogen-bond acceptors (Lipinski definition) is 3. The number of carbonyl (C=O) groups is 1. The fourth-order valence-corrected chi connectivity index (χ4v) is 3.77. The second kappa shape index (κ2) is 4.51. The predicted molar refractivity (Wildman–Crippen MR) is 67.7 cm³/mol. The van der Waals surface area contributed by atoms with Gasteiger partial charge < -0.3 is 0 Å². The highest BCUT2D eigenvalue weighted by Gasteiger charge is 2.36. The van der Waals surface area contributed by atoms with E-state index in [1.54, 1.807) is 24.3 Å². The summed E-state index contributed by atoms with van der Waals surface area (Å²) in [5.41, 5.74) is 1.000. The van der Waals surface area contributed by atoms with Gasteiger partial charge in [0.05, 0.1) is 16.3 Å². The summed E-state index contributed by atoms with van der Waals surface area (Å²) >= 11 is 3.17. The van der Waals surface area contributed by atoms with Crippen molar-refractivity contribution < 1.29 is 13.2 Å². The van der Waals surface area contributed by atoms with E-state index in [1.807, 2.05) is 6.92 Å². The van der Waals surface area contributed by atoms with Crippen molar-refractivity contribution in [2.24, 2.45) is 0 Å². The van der Waals surface area contributed by atoms with Crippen LogP contribution in [0.3, 0.4) is 0 Å². The lowest BCUT2D eigenvalue weighted by Gasteiger charge is -2.14. The third-order valence-corrected chi connectivity index (χ3v) is 5.33. The lowest BCUT2D eigenvalue weighted by Crippen LogP contribution is -2.29. The number of Topliss-reactive ketones (excluding diaryl/α,β-unsaturated/α-hetero) is 1. The van der Waals surface area contributed by atoms with Gasteiger partial charge in [-0.25, -0.2) is 8.42 Å². The van der Waals surface area contributed by atoms with Gasteiger partial charge in [0.25, 0.3) is 0 Å². The second-order valence-corrected chi connectivity index (χ2v) is 7.09. The second-order valence-electron chi connectivity index (χ2n) is 4.04. The Labute approximate surface area is 109 Å². The van der Waals surface area contributed by atoms with Gasteiger partial charge in [-0.05, 0) is 19.1 Å². The molecule has 2 rings (SSSR count). The molecule has 1 unspecified atom stereocenters. The fraction of sp³-hybridized carbons (Fsp3) is 0.364. The molecule has 4 nitrogen and oxygen atoms in total. The molecule has 1 fully saturated rings. The lowest BCUT2D eigenvalue weighted by molar-refractivity contribution is -0.116. The van der Waals surface area contributed by atoms with Crippen LogP contribution in [0.2, 0.25) is 0 Å². The van der Waals surface area contributed by atoms with Crippen molar-refractivity contribution in [3.05, 3.63) is 29.8 Å². The molecule has 1 saturated heterocycles. The van der Waals surface area contributed by atoms with Gasteiger partial charge in [-0.2, -0.15) is 4.31 Å². The molecule has 0 amide bonds. The maximum Gasteiger partial charge on any atom is 0.243 e. The zero-order valence-electron chi connectivity index (χ0n) is 9.26. The molecular formula is C11H12BrNO3S. The van der Waals surface area contributed by atoms with Gasteiger partial charge in [-0.15, -0.1) is 0 Å². The number of halogens is 1. The van der Waals surface area contributed by atoms with E-state index in [4.69, 9.17) is 0 Å². The molecule has 6 heteroatoms. The Morgan fingerprint density at radius 1 is 1.29 bits per heavy atom. The van der Waals surface area contributed by atoms with E-state index >= 15 is 0 Å². The lowest BCUT2D eigenvalue weighted by atomic mass is 10.2. The molecule has 0 bridgehead atoms. The number of nitrogens with zero attached hydrogens (tertiary/aromatic N) is 1. The Morgan fingerprint density at radius 2 is 1.88 bits per heavy atom. The first kappa shape index (κ1) is 12.7. The highest BCUT2D eigenvalue weighted by Crippen LogP contribution is 2.22. The molecule has 92 valence electrons. The monoisotopic (exact) mass is 317 g/mol. The van der Waals surface area contributed by atoms with E-state index in [1.165, 1.54) is 4.31 Å². The van der Waals surface area contributed by atoms with E-state index < -0.39 is 10.0 Å². The van der Waals surface area contributed by atoms with Crippen molar-refractivity contribution in [2.45, 2.75) is 16.6 Å². The summed E-state index contributed by atoms with van der Waals surface area (Å²) in [6, 6.07) is 6.63. The van der Waals surface area contributed by atoms with E-state index in [2.05, 4.69) is 15.9 Å². The number of alkyl halides is 1. The van der Waals surface area contributed by atoms with E-state index in [9.17, 15) is 13.2 Å². The summed E-state index contributed by atoms with van der Waals surface area (Å²) in [4.78, 5) is 11.2. The Morgan fingerprint density at radius 3 is 2.35 bits per heavy atom. The van der Waals surface area contributed by atoms with Gasteiger partial charge in [0.15, 0.2) is 5.78 Å². The molecule has 1 aliphatic heterocycles. The SMILES string of the molecule is Cc1ccc(S(=O)(=O)N2CC(=O)C(Br)C2)cc1. The Hall–Kier alpha value is -0.720. The zero-order chi connectivity index (χ0) is 12.6. The van der Waals surface area contributed by atoms with Gasteiger partial charge >= 0.3 is 0 Å². The quantitative estimate of drug-likeness (QED) is 0.773. The summed E-state index contributed by atoms with van der Waals surface area (Å²) in [6.07, 6.45) is 0. The Kier molecular flexibility index (Phi) is 3.38. The van der Waals surface area contributed by atoms with Crippen molar-refractivity contribution in [1.29, 1.82) is 0 Å². The van der Waals surface area contributed by atoms with Gasteiger partial charge in [0.2, 0.25) is 10.0 Å². The molecule has 0 saturated carbocycles. The zero-order valence-corrected chi connectivity index (χ0v) is 11.7. The standard InChI is InChI=1S/C11H12BrNO3S/c1-8-2-4-9(5-3-8)17(15,16)13-6-10(12)11(14)7-13/h2-5,10H,6-7H2,1H3. The number of rotatable bonds is 2. The molecule has 1 aromatic rings. The van der Waals surface area contributed by atoms with Crippen LogP contribution in [0.25, 0.3) is 0 Å². The predicted octanol–water partition coefficient (Wildman–Crippen LogP) is 1.33. The van der Waals surface area contributed by atoms with Crippen LogP contribution >= 0.6 is 15.9 Å². The van der Waals surface area contributed by atoms with Crippen LogP contribution in [0.1, 0.15) is 5.56 Å². The average molecular weight is 318 g/mol. The number of ketones is 1. The van der Waals surface area contributed by atoms with Gasteiger partial charge in [0, 0.05) is 6.54 Å². The maximum atomic E-state index is 12.2. The topological polar surface area (TPSA) is 54.5 Å². The van der Waals surface area contributed by atoms with Crippen molar-refractivity contribution in [3.63, 3.8) is 0 Å². The van der Waals surface area contributed by atoms with Crippen molar-refractivity contribution in [3.8, 4) is 0 Å². The molecule has 0 radical (unpaired) electrons. The van der Waals surface area contributed by atoms with Gasteiger partial charge in [-0.3, -0.25) is 4.79 Å². The third-order valence-electron chi connectivity index (χ3n) is 2.70. The molecule has 0 aliphatic carbocycles. The van der Waals surface area contributed by atoms with Crippen LogP contribution in [0.4, 0.5) is 0 Å². The van der Waals surface area contributed by atoms with Crippen LogP contribution in [0.5, 0.6) is 0 Å². The molecule has 1 atom stereocenters. The van der Waals surface area contributed by atoms with Crippen LogP contribution < -0.4 is 0 Å². The highest BCUT2D eigenvalue weighted by molar-refractivity contribution is 9.10. The van der Waals surface area contributed by atoms with Crippen LogP contribution in [-0.2, 0) is 14.8 Å². The number of sulfonamides is 1. The normalized spacial score (nSPS) is 22.0. The molecule has 0 aromatic heterocycles. The van der Waals surface area contributed by atoms with Crippen LogP contribution in [-0.4, -0.2) is 36.4 Å². The van der Waals surface area contributed by atoms with Crippen LogP contribution in [0.15, 0.2) is 29.2 Å². The first-order valence-corrected chi connectivity index (χ1v) is 7.50. The fourth-order valence-electron chi connectivity index (χ4n) is 1.66. The minimum absolute atomic E-state index is 0.0495. The first-order valence-electron chi connectivity index (χ1n) is 5.15. The Bertz CT molecular complexity index is 538. The minimum atomic E-state index is -3.54. The molecule has 0 N–H and O–H groups in total. The highest BCUT2D eigenvalue weighted by atomic mass is 79.9. The summed E-state index contributed by atoms with van der Waals surface area (Å²) in [5, 5.41) is 0. The molecule has 1 aliphatic rings. The summed E-state index contributed by atoms with van der Waals surface area (Å²) in [7, 11) is -3.54. The van der Waals surface area contributed by atoms with E-state index in [-0.39, 0.29) is 28.6 Å². The van der Waals surface area contributed by atoms with Gasteiger partial charge in [-0.1, -0.05) is 33.6 Å². The average Bonchev–Trinajstić information content (AvgIpc) is 2.60. The third kappa shape index (κ3) is 2.43. The number of hydrogen-bond donors (Lipinski definition) is 0. The number of carbonyl (C=O) groups excluding carboxylic acids is 1. The smallest absolute Gasteiger partial charge is 0.243 e. The Balaban J connectivity index is 2.31. The summed E-state index contributed by atoms with van der Waals surface area (Å²) in [6.45, 7) is 2.05. The number of aryl methyl sites for hydroxylation is 1. The van der Waals surface area contributed by atoms with E-state index in [0.29, 0.717) is 0 Å². The summed E-state index contributed by atoms with van der Waals surface area (Å²) in [5.74, 6) is -0.0966. The largest absolute Gasteiger partial charge is 0.297 e. The number of benzene rings is 1. The van der Waals surface area contributed by atoms with Crippen molar-refractivity contribution in [2.75, 3.05) is 13.1 Å².